The van der Waals surface area contributed by atoms with E-state index in [0.717, 1.165) is 22.7 Å². The standard InChI is InChI=1S/C27H22FN5O5/c28-18-6-8-20(9-7-18)32-25(35)27(24(34)29-26(32)36)15-17-14-21(33(37)38)10-11-22(17)31-13-12-30(16-23(27)31)19-4-2-1-3-5-19/h1-11,14,23H,12-13,15-16H2,(H,29,34,36)/t23-,27+/m0/s1. The zero-order valence-electron chi connectivity index (χ0n) is 20.0. The van der Waals surface area contributed by atoms with E-state index in [1.54, 1.807) is 6.07 Å². The van der Waals surface area contributed by atoms with E-state index in [1.165, 1.54) is 24.3 Å². The summed E-state index contributed by atoms with van der Waals surface area (Å²) >= 11 is 0. The highest BCUT2D eigenvalue weighted by atomic mass is 19.1. The number of para-hydroxylation sites is 1. The van der Waals surface area contributed by atoms with Crippen LogP contribution in [0.5, 0.6) is 0 Å². The first-order chi connectivity index (χ1) is 18.3. The van der Waals surface area contributed by atoms with Gasteiger partial charge in [0.25, 0.3) is 11.6 Å². The molecule has 1 spiro atoms. The fourth-order valence-electron chi connectivity index (χ4n) is 5.82. The molecule has 3 aliphatic heterocycles. The van der Waals surface area contributed by atoms with E-state index in [-0.39, 0.29) is 17.8 Å². The second-order valence-electron chi connectivity index (χ2n) is 9.59. The number of hydrogen-bond acceptors (Lipinski definition) is 7. The number of rotatable bonds is 3. The van der Waals surface area contributed by atoms with Gasteiger partial charge in [-0.2, -0.15) is 0 Å². The first-order valence-corrected chi connectivity index (χ1v) is 12.1. The van der Waals surface area contributed by atoms with Gasteiger partial charge in [-0.3, -0.25) is 25.0 Å². The number of carbonyl (C=O) groups is 3. The lowest BCUT2D eigenvalue weighted by Gasteiger charge is -2.55. The summed E-state index contributed by atoms with van der Waals surface area (Å²) in [6.45, 7) is 1.33. The minimum atomic E-state index is -1.77. The lowest BCUT2D eigenvalue weighted by atomic mass is 9.67. The lowest BCUT2D eigenvalue weighted by molar-refractivity contribution is -0.384. The van der Waals surface area contributed by atoms with Crippen LogP contribution in [-0.4, -0.2) is 48.4 Å². The number of nitrogens with one attached hydrogen (secondary N) is 1. The molecule has 2 fully saturated rings. The number of piperazine rings is 1. The Morgan fingerprint density at radius 3 is 2.39 bits per heavy atom. The van der Waals surface area contributed by atoms with Crippen molar-refractivity contribution in [1.82, 2.24) is 5.32 Å². The minimum absolute atomic E-state index is 0.118. The number of fused-ring (bicyclic) bond motifs is 4. The Morgan fingerprint density at radius 2 is 1.68 bits per heavy atom. The highest BCUT2D eigenvalue weighted by Crippen LogP contribution is 2.47. The third-order valence-electron chi connectivity index (χ3n) is 7.62. The van der Waals surface area contributed by atoms with Crippen molar-refractivity contribution in [3.05, 3.63) is 94.3 Å². The monoisotopic (exact) mass is 515 g/mol. The number of urea groups is 1. The fourth-order valence-corrected chi connectivity index (χ4v) is 5.82. The van der Waals surface area contributed by atoms with Crippen LogP contribution in [0.25, 0.3) is 0 Å². The molecule has 38 heavy (non-hydrogen) atoms. The Morgan fingerprint density at radius 1 is 0.947 bits per heavy atom. The van der Waals surface area contributed by atoms with E-state index in [9.17, 15) is 28.9 Å². The van der Waals surface area contributed by atoms with Gasteiger partial charge in [0, 0.05) is 49.6 Å². The number of amides is 4. The van der Waals surface area contributed by atoms with Crippen molar-refractivity contribution in [2.45, 2.75) is 12.5 Å². The number of benzene rings is 3. The number of halogens is 1. The van der Waals surface area contributed by atoms with Crippen molar-refractivity contribution in [3.63, 3.8) is 0 Å². The van der Waals surface area contributed by atoms with Gasteiger partial charge in [0.15, 0.2) is 5.41 Å². The topological polar surface area (TPSA) is 116 Å². The number of nitrogens with zero attached hydrogens (tertiary/aromatic N) is 4. The first-order valence-electron chi connectivity index (χ1n) is 12.1. The van der Waals surface area contributed by atoms with E-state index >= 15 is 0 Å². The third-order valence-corrected chi connectivity index (χ3v) is 7.62. The molecular formula is C27H22FN5O5. The average Bonchev–Trinajstić information content (AvgIpc) is 2.92. The van der Waals surface area contributed by atoms with Gasteiger partial charge in [-0.25, -0.2) is 14.1 Å². The summed E-state index contributed by atoms with van der Waals surface area (Å²) in [6, 6.07) is 17.3. The van der Waals surface area contributed by atoms with E-state index < -0.39 is 40.0 Å². The van der Waals surface area contributed by atoms with Gasteiger partial charge in [-0.15, -0.1) is 0 Å². The summed E-state index contributed by atoms with van der Waals surface area (Å²) in [5.74, 6) is -2.05. The Hall–Kier alpha value is -4.80. The highest BCUT2D eigenvalue weighted by molar-refractivity contribution is 6.30. The van der Waals surface area contributed by atoms with Gasteiger partial charge < -0.3 is 9.80 Å². The molecule has 0 unspecified atom stereocenters. The SMILES string of the molecule is O=C1NC(=O)[C@]2(Cc3cc([N+](=O)[O-])ccc3N3CCN(c4ccccc4)C[C@H]32)C(=O)N1c1ccc(F)cc1. The maximum Gasteiger partial charge on any atom is 0.335 e. The lowest BCUT2D eigenvalue weighted by Crippen LogP contribution is -2.75. The maximum absolute atomic E-state index is 14.3. The largest absolute Gasteiger partial charge is 0.368 e. The molecule has 2 atom stereocenters. The van der Waals surface area contributed by atoms with Gasteiger partial charge in [0.2, 0.25) is 5.91 Å². The molecule has 0 aliphatic carbocycles. The summed E-state index contributed by atoms with van der Waals surface area (Å²) in [5.41, 5.74) is 0.304. The molecule has 192 valence electrons. The van der Waals surface area contributed by atoms with Gasteiger partial charge in [0.1, 0.15) is 5.82 Å². The number of hydrogen-bond donors (Lipinski definition) is 1. The van der Waals surface area contributed by atoms with Crippen LogP contribution in [0.3, 0.4) is 0 Å². The normalized spacial score (nSPS) is 22.7. The van der Waals surface area contributed by atoms with Crippen LogP contribution in [0.4, 0.5) is 31.9 Å². The molecule has 3 aromatic carbocycles. The van der Waals surface area contributed by atoms with Crippen molar-refractivity contribution in [1.29, 1.82) is 0 Å². The second-order valence-corrected chi connectivity index (χ2v) is 9.59. The average molecular weight is 516 g/mol. The van der Waals surface area contributed by atoms with Gasteiger partial charge in [-0.05, 0) is 48.0 Å². The Balaban J connectivity index is 1.50. The number of nitro groups is 1. The van der Waals surface area contributed by atoms with Crippen molar-refractivity contribution in [3.8, 4) is 0 Å². The minimum Gasteiger partial charge on any atom is -0.368 e. The van der Waals surface area contributed by atoms with Crippen LogP contribution in [0, 0.1) is 21.3 Å². The van der Waals surface area contributed by atoms with Crippen molar-refractivity contribution in [2.24, 2.45) is 5.41 Å². The van der Waals surface area contributed by atoms with Crippen molar-refractivity contribution in [2.75, 3.05) is 34.3 Å². The highest BCUT2D eigenvalue weighted by Gasteiger charge is 2.63. The number of barbiturate groups is 1. The molecule has 0 radical (unpaired) electrons. The second kappa shape index (κ2) is 8.65. The molecule has 2 saturated heterocycles. The molecule has 3 aromatic rings. The smallest absolute Gasteiger partial charge is 0.335 e. The van der Waals surface area contributed by atoms with E-state index in [4.69, 9.17) is 0 Å². The first kappa shape index (κ1) is 23.6. The number of anilines is 3. The molecule has 3 heterocycles. The van der Waals surface area contributed by atoms with Gasteiger partial charge >= 0.3 is 6.03 Å². The van der Waals surface area contributed by atoms with E-state index in [0.29, 0.717) is 30.9 Å². The third kappa shape index (κ3) is 3.50. The molecular weight excluding hydrogens is 493 g/mol. The van der Waals surface area contributed by atoms with Crippen molar-refractivity contribution < 1.29 is 23.7 Å². The van der Waals surface area contributed by atoms with E-state index in [2.05, 4.69) is 10.2 Å². The molecule has 3 aliphatic rings. The predicted molar refractivity (Wildman–Crippen MR) is 136 cm³/mol. The summed E-state index contributed by atoms with van der Waals surface area (Å²) in [4.78, 5) is 56.9. The predicted octanol–water partition coefficient (Wildman–Crippen LogP) is 3.25. The molecule has 0 saturated carbocycles. The van der Waals surface area contributed by atoms with Crippen LogP contribution < -0.4 is 20.0 Å². The molecule has 6 rings (SSSR count). The number of imide groups is 2. The summed E-state index contributed by atoms with van der Waals surface area (Å²) in [6.07, 6.45) is -0.135. The Labute approximate surface area is 216 Å². The molecule has 0 bridgehead atoms. The molecule has 1 N–H and O–H groups in total. The van der Waals surface area contributed by atoms with Crippen molar-refractivity contribution >= 4 is 40.6 Å². The zero-order chi connectivity index (χ0) is 26.6. The van der Waals surface area contributed by atoms with Gasteiger partial charge in [0.05, 0.1) is 16.7 Å². The zero-order valence-corrected chi connectivity index (χ0v) is 20.0. The fraction of sp³-hybridized carbons (Fsp3) is 0.222. The van der Waals surface area contributed by atoms with Crippen LogP contribution in [-0.2, 0) is 16.0 Å². The number of nitro benzene ring substituents is 1. The number of non-ortho nitro benzene ring substituents is 1. The Bertz CT molecular complexity index is 1480. The Kier molecular flexibility index (Phi) is 5.37. The maximum atomic E-state index is 14.3. The van der Waals surface area contributed by atoms with Crippen LogP contribution in [0.1, 0.15) is 5.56 Å². The van der Waals surface area contributed by atoms with Crippen LogP contribution in [0.15, 0.2) is 72.8 Å². The van der Waals surface area contributed by atoms with Crippen LogP contribution in [0.2, 0.25) is 0 Å². The summed E-state index contributed by atoms with van der Waals surface area (Å²) in [5, 5.41) is 13.9. The van der Waals surface area contributed by atoms with Gasteiger partial charge in [-0.1, -0.05) is 18.2 Å². The quantitative estimate of drug-likeness (QED) is 0.323. The summed E-state index contributed by atoms with van der Waals surface area (Å²) < 4.78 is 13.6. The summed E-state index contributed by atoms with van der Waals surface area (Å²) in [7, 11) is 0. The number of carbonyl (C=O) groups excluding carboxylic acids is 3. The molecule has 10 nitrogen and oxygen atoms in total. The molecule has 11 heteroatoms. The van der Waals surface area contributed by atoms with Crippen LogP contribution >= 0.6 is 0 Å². The molecule has 0 aromatic heterocycles. The molecule has 4 amide bonds. The van der Waals surface area contributed by atoms with E-state index in [1.807, 2.05) is 35.2 Å².